The topological polar surface area (TPSA) is 43.8 Å². The summed E-state index contributed by atoms with van der Waals surface area (Å²) in [7, 11) is 0. The van der Waals surface area contributed by atoms with Gasteiger partial charge in [0.05, 0.1) is 6.61 Å². The van der Waals surface area contributed by atoms with E-state index < -0.39 is 0 Å². The van der Waals surface area contributed by atoms with Gasteiger partial charge in [-0.1, -0.05) is 55.8 Å². The molecule has 0 aromatic heterocycles. The zero-order valence-corrected chi connectivity index (χ0v) is 16.5. The van der Waals surface area contributed by atoms with Gasteiger partial charge in [-0.25, -0.2) is 0 Å². The predicted molar refractivity (Wildman–Crippen MR) is 100 cm³/mol. The van der Waals surface area contributed by atoms with E-state index >= 15 is 0 Å². The molecule has 23 heavy (non-hydrogen) atoms. The van der Waals surface area contributed by atoms with Gasteiger partial charge < -0.3 is 10.0 Å². The van der Waals surface area contributed by atoms with Crippen LogP contribution in [0.4, 0.5) is 0 Å². The van der Waals surface area contributed by atoms with Crippen molar-refractivity contribution in [3.05, 3.63) is 34.3 Å². The number of benzene rings is 1. The average Bonchev–Trinajstić information content (AvgIpc) is 2.61. The Morgan fingerprint density at radius 2 is 1.57 bits per heavy atom. The van der Waals surface area contributed by atoms with E-state index in [0.717, 1.165) is 37.2 Å². The highest BCUT2D eigenvalue weighted by molar-refractivity contribution is 9.10. The zero-order valence-electron chi connectivity index (χ0n) is 14.9. The minimum atomic E-state index is -0.0576. The maximum Gasteiger partial charge on any atom is 0.224 e. The van der Waals surface area contributed by atoms with E-state index in [1.165, 1.54) is 5.56 Å². The van der Waals surface area contributed by atoms with E-state index in [4.69, 9.17) is 5.11 Å². The zero-order chi connectivity index (χ0) is 17.7. The predicted octanol–water partition coefficient (Wildman–Crippen LogP) is 3.53. The van der Waals surface area contributed by atoms with Gasteiger partial charge in [0, 0.05) is 43.6 Å². The number of amides is 1. The molecule has 1 aromatic carbocycles. The normalized spacial score (nSPS) is 14.3. The number of aliphatic hydroxyl groups excluding tert-OH is 1. The van der Waals surface area contributed by atoms with E-state index in [1.54, 1.807) is 0 Å². The molecule has 1 saturated heterocycles. The molecule has 0 radical (unpaired) electrons. The van der Waals surface area contributed by atoms with Crippen molar-refractivity contribution < 1.29 is 9.90 Å². The monoisotopic (exact) mass is 386 g/mol. The molecule has 4 nitrogen and oxygen atoms in total. The van der Waals surface area contributed by atoms with E-state index in [-0.39, 0.29) is 18.9 Å². The molecular formula is C18H31BrN2O2. The smallest absolute Gasteiger partial charge is 0.224 e. The van der Waals surface area contributed by atoms with Gasteiger partial charge >= 0.3 is 0 Å². The lowest BCUT2D eigenvalue weighted by atomic mass is 10.2. The molecule has 1 amide bonds. The molecule has 1 heterocycles. The molecule has 1 N–H and O–H groups in total. The van der Waals surface area contributed by atoms with Crippen molar-refractivity contribution in [1.82, 2.24) is 9.80 Å². The Bertz CT molecular complexity index is 416. The molecule has 1 aliphatic heterocycles. The first kappa shape index (κ1) is 22.1. The SMILES string of the molecule is CC.CC.O=C(CCO)N1CCN(Cc2ccc(Br)cc2)CC1. The van der Waals surface area contributed by atoms with Gasteiger partial charge in [0.25, 0.3) is 0 Å². The van der Waals surface area contributed by atoms with Crippen molar-refractivity contribution in [2.75, 3.05) is 32.8 Å². The Hall–Kier alpha value is -0.910. The summed E-state index contributed by atoms with van der Waals surface area (Å²) in [5.74, 6) is 0.0609. The first-order valence-corrected chi connectivity index (χ1v) is 9.34. The Kier molecular flexibility index (Phi) is 13.0. The first-order valence-electron chi connectivity index (χ1n) is 8.54. The summed E-state index contributed by atoms with van der Waals surface area (Å²) in [5, 5.41) is 8.77. The third kappa shape index (κ3) is 8.49. The van der Waals surface area contributed by atoms with Gasteiger partial charge in [0.1, 0.15) is 0 Å². The molecule has 0 atom stereocenters. The lowest BCUT2D eigenvalue weighted by Gasteiger charge is -2.34. The number of carbonyl (C=O) groups is 1. The summed E-state index contributed by atoms with van der Waals surface area (Å²) in [6.45, 7) is 12.2. The Morgan fingerprint density at radius 1 is 1.04 bits per heavy atom. The van der Waals surface area contributed by atoms with Crippen molar-refractivity contribution in [2.45, 2.75) is 40.7 Å². The summed E-state index contributed by atoms with van der Waals surface area (Å²) in [4.78, 5) is 15.8. The standard InChI is InChI=1S/C14H19BrN2O2.2C2H6/c15-13-3-1-12(2-4-13)11-16-6-8-17(9-7-16)14(19)5-10-18;2*1-2/h1-4,18H,5-11H2;2*1-2H3. The number of rotatable bonds is 4. The van der Waals surface area contributed by atoms with E-state index in [2.05, 4.69) is 45.1 Å². The number of aliphatic hydroxyl groups is 1. The van der Waals surface area contributed by atoms with Crippen LogP contribution in [0.2, 0.25) is 0 Å². The van der Waals surface area contributed by atoms with Crippen LogP contribution >= 0.6 is 15.9 Å². The third-order valence-corrected chi connectivity index (χ3v) is 3.90. The number of carbonyl (C=O) groups excluding carboxylic acids is 1. The van der Waals surface area contributed by atoms with Crippen LogP contribution in [0.25, 0.3) is 0 Å². The fourth-order valence-electron chi connectivity index (χ4n) is 2.26. The number of piperazine rings is 1. The lowest BCUT2D eigenvalue weighted by Crippen LogP contribution is -2.48. The van der Waals surface area contributed by atoms with E-state index in [1.807, 2.05) is 32.6 Å². The van der Waals surface area contributed by atoms with Crippen LogP contribution < -0.4 is 0 Å². The molecule has 1 aliphatic rings. The highest BCUT2D eigenvalue weighted by atomic mass is 79.9. The van der Waals surface area contributed by atoms with Gasteiger partial charge in [0.15, 0.2) is 0 Å². The van der Waals surface area contributed by atoms with Gasteiger partial charge in [-0.2, -0.15) is 0 Å². The van der Waals surface area contributed by atoms with Gasteiger partial charge in [-0.15, -0.1) is 0 Å². The lowest BCUT2D eigenvalue weighted by molar-refractivity contribution is -0.133. The third-order valence-electron chi connectivity index (χ3n) is 3.37. The molecule has 132 valence electrons. The minimum Gasteiger partial charge on any atom is -0.396 e. The van der Waals surface area contributed by atoms with Crippen molar-refractivity contribution in [3.8, 4) is 0 Å². The van der Waals surface area contributed by atoms with Crippen LogP contribution in [-0.2, 0) is 11.3 Å². The van der Waals surface area contributed by atoms with Crippen LogP contribution in [0, 0.1) is 0 Å². The molecule has 0 spiro atoms. The number of hydrogen-bond donors (Lipinski definition) is 1. The Balaban J connectivity index is 0.00000112. The molecule has 5 heteroatoms. The van der Waals surface area contributed by atoms with Gasteiger partial charge in [0.2, 0.25) is 5.91 Å². The van der Waals surface area contributed by atoms with Crippen LogP contribution in [0.5, 0.6) is 0 Å². The molecule has 0 aliphatic carbocycles. The highest BCUT2D eigenvalue weighted by Gasteiger charge is 2.20. The highest BCUT2D eigenvalue weighted by Crippen LogP contribution is 2.13. The maximum atomic E-state index is 11.6. The van der Waals surface area contributed by atoms with Crippen molar-refractivity contribution in [2.24, 2.45) is 0 Å². The number of hydrogen-bond acceptors (Lipinski definition) is 3. The van der Waals surface area contributed by atoms with Crippen LogP contribution in [0.3, 0.4) is 0 Å². The number of nitrogens with zero attached hydrogens (tertiary/aromatic N) is 2. The van der Waals surface area contributed by atoms with Crippen molar-refractivity contribution >= 4 is 21.8 Å². The van der Waals surface area contributed by atoms with Crippen LogP contribution in [0.15, 0.2) is 28.7 Å². The molecule has 0 saturated carbocycles. The summed E-state index contributed by atoms with van der Waals surface area (Å²) in [5.41, 5.74) is 1.29. The molecule has 2 rings (SSSR count). The Labute approximate surface area is 149 Å². The first-order chi connectivity index (χ1) is 11.2. The molecule has 0 unspecified atom stereocenters. The van der Waals surface area contributed by atoms with Crippen LogP contribution in [-0.4, -0.2) is 53.6 Å². The second-order valence-corrected chi connectivity index (χ2v) is 5.67. The summed E-state index contributed by atoms with van der Waals surface area (Å²) >= 11 is 3.43. The summed E-state index contributed by atoms with van der Waals surface area (Å²) in [6, 6.07) is 8.34. The quantitative estimate of drug-likeness (QED) is 0.860. The molecular weight excluding hydrogens is 356 g/mol. The van der Waals surface area contributed by atoms with E-state index in [0.29, 0.717) is 0 Å². The molecule has 1 fully saturated rings. The fraction of sp³-hybridized carbons (Fsp3) is 0.611. The number of halogens is 1. The minimum absolute atomic E-state index is 0.0576. The molecule has 1 aromatic rings. The Morgan fingerprint density at radius 3 is 2.04 bits per heavy atom. The van der Waals surface area contributed by atoms with Gasteiger partial charge in [-0.3, -0.25) is 9.69 Å². The molecule has 0 bridgehead atoms. The maximum absolute atomic E-state index is 11.6. The van der Waals surface area contributed by atoms with E-state index in [9.17, 15) is 4.79 Å². The second kappa shape index (κ2) is 13.5. The van der Waals surface area contributed by atoms with Gasteiger partial charge in [-0.05, 0) is 17.7 Å². The van der Waals surface area contributed by atoms with Crippen LogP contribution in [0.1, 0.15) is 39.7 Å². The average molecular weight is 387 g/mol. The van der Waals surface area contributed by atoms with Crippen molar-refractivity contribution in [3.63, 3.8) is 0 Å². The summed E-state index contributed by atoms with van der Waals surface area (Å²) < 4.78 is 1.09. The second-order valence-electron chi connectivity index (χ2n) is 4.76. The fourth-order valence-corrected chi connectivity index (χ4v) is 2.52. The summed E-state index contributed by atoms with van der Waals surface area (Å²) in [6.07, 6.45) is 0.243. The van der Waals surface area contributed by atoms with Crippen molar-refractivity contribution in [1.29, 1.82) is 0 Å². The largest absolute Gasteiger partial charge is 0.396 e.